The van der Waals surface area contributed by atoms with Crippen LogP contribution in [0, 0.1) is 0 Å². The largest absolute Gasteiger partial charge is 1.00 e. The van der Waals surface area contributed by atoms with Gasteiger partial charge in [0.1, 0.15) is 22.1 Å². The van der Waals surface area contributed by atoms with E-state index < -0.39 is 70.2 Å². The summed E-state index contributed by atoms with van der Waals surface area (Å²) < 4.78 is 155. The van der Waals surface area contributed by atoms with Crippen LogP contribution < -0.4 is 118 Å². The normalized spacial score (nSPS) is 12.6. The first kappa shape index (κ1) is 106. The van der Waals surface area contributed by atoms with E-state index in [4.69, 9.17) is 38.5 Å². The molecule has 35 heteroatoms. The number of esters is 2. The SMILES string of the molecule is C.C.C.C.CCOC(=O)C(Br)c1cccc(C(F)(F)F)c1.CCOC(=O)C(Oc1ccc(Br)cc1-c1ccn(CC)n1)c1cccc(C(F)(F)F)c1.CCn1ccc(-c2cc(Br)ccc2O)n1.CCn1ccc(-c2cc(Br)ccc2OC(C(=O)O)c2cccc(C(F)(F)F)c2)n1.COC1CCCO1.O=CO[O-].[H-].[K+].[K+]. The van der Waals surface area contributed by atoms with Crippen molar-refractivity contribution in [1.82, 2.24) is 29.3 Å². The van der Waals surface area contributed by atoms with Gasteiger partial charge in [-0.15, -0.1) is 0 Å². The van der Waals surface area contributed by atoms with Gasteiger partial charge in [0, 0.05) is 99.6 Å². The number of phenols is 1. The average Bonchev–Trinajstić information content (AvgIpc) is 1.73. The number of phenolic OH excluding ortho intramolecular Hbond substituents is 1. The predicted molar refractivity (Wildman–Crippen MR) is 400 cm³/mol. The quantitative estimate of drug-likeness (QED) is 0.0137. The summed E-state index contributed by atoms with van der Waals surface area (Å²) in [5.74, 6) is -2.06. The molecule has 109 heavy (non-hydrogen) atoms. The summed E-state index contributed by atoms with van der Waals surface area (Å²) in [6, 6.07) is 33.9. The van der Waals surface area contributed by atoms with Gasteiger partial charge in [0.15, 0.2) is 6.29 Å². The molecule has 1 aliphatic rings. The van der Waals surface area contributed by atoms with Crippen molar-refractivity contribution in [3.63, 3.8) is 0 Å². The number of aromatic nitrogens is 6. The summed E-state index contributed by atoms with van der Waals surface area (Å²) in [5, 5.41) is 40.9. The van der Waals surface area contributed by atoms with Crippen LogP contribution in [-0.2, 0) is 81.2 Å². The Morgan fingerprint density at radius 1 is 0.569 bits per heavy atom. The van der Waals surface area contributed by atoms with Gasteiger partial charge in [0.05, 0.1) is 47.0 Å². The number of hydrogen-bond donors (Lipinski definition) is 2. The molecule has 4 unspecified atom stereocenters. The van der Waals surface area contributed by atoms with Crippen LogP contribution in [0.1, 0.15) is 129 Å². The van der Waals surface area contributed by atoms with Crippen molar-refractivity contribution in [2.45, 2.75) is 139 Å². The number of alkyl halides is 10. The molecule has 3 aromatic heterocycles. The smallest absolute Gasteiger partial charge is 1.00 e. The Morgan fingerprint density at radius 3 is 1.27 bits per heavy atom. The molecule has 2 N–H and O–H groups in total. The van der Waals surface area contributed by atoms with Crippen LogP contribution in [-0.4, -0.2) is 97.2 Å². The van der Waals surface area contributed by atoms with Crippen molar-refractivity contribution in [2.75, 3.05) is 26.9 Å². The van der Waals surface area contributed by atoms with E-state index in [2.05, 4.69) is 83.9 Å². The number of carbonyl (C=O) groups is 4. The van der Waals surface area contributed by atoms with E-state index in [1.807, 2.05) is 43.8 Å². The molecule has 10 rings (SSSR count). The maximum Gasteiger partial charge on any atom is 1.00 e. The topological polar surface area (TPSA) is 250 Å². The minimum Gasteiger partial charge on any atom is -1.00 e. The Hall–Kier alpha value is -5.33. The number of aromatic hydroxyl groups is 1. The second-order valence-electron chi connectivity index (χ2n) is 21.1. The molecule has 0 amide bonds. The van der Waals surface area contributed by atoms with Crippen LogP contribution in [0.2, 0.25) is 0 Å². The van der Waals surface area contributed by atoms with Crippen molar-refractivity contribution < 1.29 is 212 Å². The Kier molecular flexibility index (Phi) is 50.6. The Labute approximate surface area is 747 Å². The van der Waals surface area contributed by atoms with Crippen LogP contribution in [0.3, 0.4) is 0 Å². The van der Waals surface area contributed by atoms with Gasteiger partial charge in [-0.3, -0.25) is 23.6 Å². The Balaban J connectivity index is -0.00000134. The standard InChI is InChI=1S/C22H20BrF3N2O3.C20H16BrF3N2O3.C11H10BrF3O2.C11H11BrN2O.C5H10O2.CH2O3.4CH4.2K.H/c1-3-28-11-10-18(27-28)17-13-16(23)8-9-19(17)31-20(21(29)30-4-2)14-6-5-7-15(12-14)22(24,25)26;1-2-26-9-8-16(25-26)15-11-14(21)6-7-17(15)29-18(19(27)28)12-4-3-5-13(10-12)20(22,23)24;1-2-17-10(16)9(12)7-4-3-5-8(6-7)11(13,14)15;1-2-14-6-5-10(13-14)9-7-8(12)3-4-11(9)15;1-6-5-3-2-4-7-5;2-1-4-3;;;;;;;/h5-13,20H,3-4H2,1-2H3;3-11,18H,2H2,1H3,(H,27,28);3-6,9H,2H2,1H3;3-7,15H,2H2,1H3;5H,2-4H2,1H3;1,3H;4*1H4;;;/q;;;;;;;;;;2*+1;-1/p-1. The number of halogens is 13. The van der Waals surface area contributed by atoms with Gasteiger partial charge in [-0.2, -0.15) is 54.8 Å². The number of benzene rings is 6. The number of carbonyl (C=O) groups excluding carboxylic acids is 3. The predicted octanol–water partition coefficient (Wildman–Crippen LogP) is 14.2. The number of nitrogens with zero attached hydrogens (tertiary/aromatic N) is 6. The first-order valence-corrected chi connectivity index (χ1v) is 34.2. The summed E-state index contributed by atoms with van der Waals surface area (Å²) in [7, 11) is 1.68. The van der Waals surface area contributed by atoms with Crippen molar-refractivity contribution in [1.29, 1.82) is 0 Å². The summed E-state index contributed by atoms with van der Waals surface area (Å²) in [6.45, 7) is 12.2. The average molecular weight is 1850 g/mol. The summed E-state index contributed by atoms with van der Waals surface area (Å²) >= 11 is 13.1. The molecule has 0 bridgehead atoms. The molecule has 9 aromatic rings. The third kappa shape index (κ3) is 34.1. The number of aliphatic carboxylic acids is 1. The van der Waals surface area contributed by atoms with E-state index in [1.54, 1.807) is 103 Å². The molecule has 1 fully saturated rings. The molecule has 1 aliphatic heterocycles. The van der Waals surface area contributed by atoms with Gasteiger partial charge in [-0.05, 0) is 150 Å². The Bertz CT molecular complexity index is 4210. The molecule has 0 radical (unpaired) electrons. The van der Waals surface area contributed by atoms with Gasteiger partial charge in [0.25, 0.3) is 6.47 Å². The number of methoxy groups -OCH3 is 1. The van der Waals surface area contributed by atoms with Gasteiger partial charge in [0.2, 0.25) is 12.2 Å². The molecule has 20 nitrogen and oxygen atoms in total. The van der Waals surface area contributed by atoms with Crippen molar-refractivity contribution in [3.8, 4) is 51.0 Å². The van der Waals surface area contributed by atoms with E-state index >= 15 is 0 Å². The zero-order valence-electron chi connectivity index (χ0n) is 58.5. The molecule has 6 aromatic carbocycles. The molecular weight excluding hydrogens is 1770 g/mol. The van der Waals surface area contributed by atoms with Crippen molar-refractivity contribution in [3.05, 3.63) is 211 Å². The van der Waals surface area contributed by atoms with Crippen molar-refractivity contribution >= 4 is 88.1 Å². The second-order valence-corrected chi connectivity index (χ2v) is 24.7. The van der Waals surface area contributed by atoms with E-state index in [-0.39, 0.29) is 188 Å². The van der Waals surface area contributed by atoms with Crippen LogP contribution in [0.5, 0.6) is 17.2 Å². The Morgan fingerprint density at radius 2 is 0.927 bits per heavy atom. The van der Waals surface area contributed by atoms with Gasteiger partial charge < -0.3 is 50.2 Å². The summed E-state index contributed by atoms with van der Waals surface area (Å²) in [5.41, 5.74) is 1.34. The minimum absolute atomic E-state index is 0. The van der Waals surface area contributed by atoms with E-state index in [0.29, 0.717) is 41.4 Å². The monoisotopic (exact) mass is 1850 g/mol. The molecule has 0 aliphatic carbocycles. The first-order valence-electron chi connectivity index (χ1n) is 30.9. The molecular formula is C74H85Br4F9K2N6O14. The number of hydrogen-bond acceptors (Lipinski definition) is 16. The number of ether oxygens (including phenoxy) is 6. The van der Waals surface area contributed by atoms with Crippen LogP contribution in [0.15, 0.2) is 178 Å². The second kappa shape index (κ2) is 52.1. The van der Waals surface area contributed by atoms with Crippen LogP contribution >= 0.6 is 63.7 Å². The summed E-state index contributed by atoms with van der Waals surface area (Å²) in [6.07, 6.45) is -8.78. The fourth-order valence-electron chi connectivity index (χ4n) is 9.07. The van der Waals surface area contributed by atoms with E-state index in [9.17, 15) is 64.1 Å². The van der Waals surface area contributed by atoms with Crippen molar-refractivity contribution in [2.24, 2.45) is 0 Å². The number of aryl methyl sites for hydroxylation is 3. The summed E-state index contributed by atoms with van der Waals surface area (Å²) in [4.78, 5) is 46.1. The molecule has 4 atom stereocenters. The third-order valence-electron chi connectivity index (χ3n) is 14.0. The third-order valence-corrected chi connectivity index (χ3v) is 16.4. The molecule has 0 saturated carbocycles. The zero-order valence-corrected chi connectivity index (χ0v) is 70.1. The van der Waals surface area contributed by atoms with E-state index in [1.165, 1.54) is 30.3 Å². The van der Waals surface area contributed by atoms with Crippen LogP contribution in [0.25, 0.3) is 33.8 Å². The minimum atomic E-state index is -4.59. The first-order chi connectivity index (χ1) is 48.8. The fourth-order valence-corrected chi connectivity index (χ4v) is 10.6. The van der Waals surface area contributed by atoms with E-state index in [0.717, 1.165) is 93.1 Å². The number of carboxylic acids is 1. The van der Waals surface area contributed by atoms with Gasteiger partial charge in [-0.1, -0.05) is 136 Å². The van der Waals surface area contributed by atoms with Gasteiger partial charge in [-0.25, -0.2) is 9.59 Å². The molecule has 0 spiro atoms. The van der Waals surface area contributed by atoms with Crippen LogP contribution in [0.4, 0.5) is 39.5 Å². The number of carboxylic acid groups (broad SMARTS) is 1. The molecule has 588 valence electrons. The van der Waals surface area contributed by atoms with Gasteiger partial charge >= 0.3 is 139 Å². The number of rotatable bonds is 20. The zero-order chi connectivity index (χ0) is 76.2. The fraction of sp³-hybridized carbons (Fsp3) is 0.338. The molecule has 1 saturated heterocycles. The maximum atomic E-state index is 13.2. The molecule has 4 heterocycles. The maximum absolute atomic E-state index is 13.2.